The summed E-state index contributed by atoms with van der Waals surface area (Å²) < 4.78 is 0. The van der Waals surface area contributed by atoms with Gasteiger partial charge in [0.2, 0.25) is 0 Å². The van der Waals surface area contributed by atoms with E-state index in [1.54, 1.807) is 6.20 Å². The molecule has 0 bridgehead atoms. The fraction of sp³-hybridized carbons (Fsp3) is 0.462. The van der Waals surface area contributed by atoms with Crippen LogP contribution >= 0.6 is 12.2 Å². The summed E-state index contributed by atoms with van der Waals surface area (Å²) in [6, 6.07) is 3.92. The molecule has 5 nitrogen and oxygen atoms in total. The predicted molar refractivity (Wildman–Crippen MR) is 82.9 cm³/mol. The predicted octanol–water partition coefficient (Wildman–Crippen LogP) is 1.32. The van der Waals surface area contributed by atoms with Crippen LogP contribution in [0.1, 0.15) is 25.1 Å². The molecular weight excluding hydrogens is 258 g/mol. The van der Waals surface area contributed by atoms with Crippen LogP contribution in [0.25, 0.3) is 0 Å². The molecule has 0 aliphatic heterocycles. The molecule has 19 heavy (non-hydrogen) atoms. The number of hydrogen-bond donors (Lipinski definition) is 3. The molecule has 0 amide bonds. The number of aryl methyl sites for hydroxylation is 1. The molecule has 1 heterocycles. The minimum absolute atomic E-state index is 0.202. The quantitative estimate of drug-likeness (QED) is 0.440. The van der Waals surface area contributed by atoms with Crippen molar-refractivity contribution >= 4 is 23.3 Å². The maximum absolute atomic E-state index is 5.48. The summed E-state index contributed by atoms with van der Waals surface area (Å²) in [5.41, 5.74) is 7.54. The molecule has 0 saturated carbocycles. The Balaban J connectivity index is 2.70. The van der Waals surface area contributed by atoms with Crippen LogP contribution in [0.4, 0.5) is 0 Å². The van der Waals surface area contributed by atoms with Crippen molar-refractivity contribution in [3.8, 4) is 0 Å². The average Bonchev–Trinajstić information content (AvgIpc) is 2.33. The zero-order valence-electron chi connectivity index (χ0n) is 11.6. The van der Waals surface area contributed by atoms with Crippen LogP contribution in [0.5, 0.6) is 0 Å². The average molecular weight is 279 g/mol. The van der Waals surface area contributed by atoms with Crippen molar-refractivity contribution in [3.63, 3.8) is 0 Å². The zero-order valence-corrected chi connectivity index (χ0v) is 12.4. The first-order valence-corrected chi connectivity index (χ1v) is 6.65. The van der Waals surface area contributed by atoms with Crippen molar-refractivity contribution < 1.29 is 0 Å². The summed E-state index contributed by atoms with van der Waals surface area (Å²) in [6.45, 7) is 7.54. The third kappa shape index (κ3) is 6.15. The molecule has 1 rings (SSSR count). The SMILES string of the molecule is Cc1cccnc1CN=C(NCC(C)C)NC(N)=S. The molecule has 1 aromatic heterocycles. The monoisotopic (exact) mass is 279 g/mol. The van der Waals surface area contributed by atoms with Gasteiger partial charge < -0.3 is 16.4 Å². The lowest BCUT2D eigenvalue weighted by molar-refractivity contribution is 0.619. The highest BCUT2D eigenvalue weighted by Gasteiger charge is 2.03. The molecule has 0 radical (unpaired) electrons. The summed E-state index contributed by atoms with van der Waals surface area (Å²) in [4.78, 5) is 8.73. The Bertz CT molecular complexity index is 456. The third-order valence-corrected chi connectivity index (χ3v) is 2.53. The standard InChI is InChI=1S/C13H21N5S/c1-9(2)7-16-13(18-12(14)19)17-8-11-10(3)5-4-6-15-11/h4-6,9H,7-8H2,1-3H3,(H4,14,16,17,18,19). The van der Waals surface area contributed by atoms with Gasteiger partial charge in [-0.2, -0.15) is 0 Å². The van der Waals surface area contributed by atoms with Crippen molar-refractivity contribution in [2.45, 2.75) is 27.3 Å². The first-order valence-electron chi connectivity index (χ1n) is 6.24. The van der Waals surface area contributed by atoms with E-state index in [0.717, 1.165) is 17.8 Å². The smallest absolute Gasteiger partial charge is 0.197 e. The van der Waals surface area contributed by atoms with Crippen molar-refractivity contribution in [1.29, 1.82) is 0 Å². The van der Waals surface area contributed by atoms with Crippen LogP contribution in [0, 0.1) is 12.8 Å². The molecule has 0 aliphatic carbocycles. The van der Waals surface area contributed by atoms with Crippen molar-refractivity contribution in [2.75, 3.05) is 6.54 Å². The Hall–Kier alpha value is -1.69. The lowest BCUT2D eigenvalue weighted by Crippen LogP contribution is -2.44. The van der Waals surface area contributed by atoms with Gasteiger partial charge in [-0.25, -0.2) is 4.99 Å². The largest absolute Gasteiger partial charge is 0.376 e. The van der Waals surface area contributed by atoms with Crippen molar-refractivity contribution in [2.24, 2.45) is 16.6 Å². The Kier molecular flexibility index (Phi) is 6.21. The van der Waals surface area contributed by atoms with E-state index in [9.17, 15) is 0 Å². The van der Waals surface area contributed by atoms with E-state index in [1.807, 2.05) is 19.1 Å². The highest BCUT2D eigenvalue weighted by Crippen LogP contribution is 2.04. The highest BCUT2D eigenvalue weighted by molar-refractivity contribution is 7.80. The van der Waals surface area contributed by atoms with Gasteiger partial charge in [0.05, 0.1) is 12.2 Å². The van der Waals surface area contributed by atoms with E-state index in [2.05, 4.69) is 34.5 Å². The van der Waals surface area contributed by atoms with Gasteiger partial charge in [-0.1, -0.05) is 19.9 Å². The molecule has 4 N–H and O–H groups in total. The van der Waals surface area contributed by atoms with Crippen molar-refractivity contribution in [1.82, 2.24) is 15.6 Å². The molecule has 0 aromatic carbocycles. The minimum atomic E-state index is 0.202. The number of aromatic nitrogens is 1. The van der Waals surface area contributed by atoms with Gasteiger partial charge >= 0.3 is 0 Å². The molecule has 0 saturated heterocycles. The van der Waals surface area contributed by atoms with Crippen LogP contribution in [0.3, 0.4) is 0 Å². The summed E-state index contributed by atoms with van der Waals surface area (Å²) in [5.74, 6) is 1.10. The van der Waals surface area contributed by atoms with E-state index in [0.29, 0.717) is 18.4 Å². The van der Waals surface area contributed by atoms with Gasteiger partial charge in [0, 0.05) is 12.7 Å². The topological polar surface area (TPSA) is 75.3 Å². The Morgan fingerprint density at radius 2 is 2.26 bits per heavy atom. The Morgan fingerprint density at radius 3 is 2.84 bits per heavy atom. The number of aliphatic imine (C=N–C) groups is 1. The second-order valence-electron chi connectivity index (χ2n) is 4.70. The van der Waals surface area contributed by atoms with Gasteiger partial charge in [0.15, 0.2) is 11.1 Å². The molecule has 1 aromatic rings. The first-order chi connectivity index (χ1) is 8.99. The molecule has 6 heteroatoms. The second kappa shape index (κ2) is 7.68. The summed E-state index contributed by atoms with van der Waals surface area (Å²) >= 11 is 4.84. The molecular formula is C13H21N5S. The normalized spacial score (nSPS) is 11.5. The lowest BCUT2D eigenvalue weighted by Gasteiger charge is -2.13. The molecule has 0 aliphatic rings. The Labute approximate surface area is 119 Å². The van der Waals surface area contributed by atoms with Crippen molar-refractivity contribution in [3.05, 3.63) is 29.6 Å². The molecule has 104 valence electrons. The number of rotatable bonds is 4. The summed E-state index contributed by atoms with van der Waals surface area (Å²) in [7, 11) is 0. The van der Waals surface area contributed by atoms with Gasteiger partial charge in [-0.3, -0.25) is 4.98 Å². The minimum Gasteiger partial charge on any atom is -0.376 e. The maximum atomic E-state index is 5.48. The van der Waals surface area contributed by atoms with Crippen LogP contribution < -0.4 is 16.4 Å². The van der Waals surface area contributed by atoms with E-state index in [4.69, 9.17) is 18.0 Å². The van der Waals surface area contributed by atoms with Crippen LogP contribution in [-0.2, 0) is 6.54 Å². The fourth-order valence-corrected chi connectivity index (χ4v) is 1.49. The summed E-state index contributed by atoms with van der Waals surface area (Å²) in [6.07, 6.45) is 1.76. The van der Waals surface area contributed by atoms with E-state index in [-0.39, 0.29) is 5.11 Å². The van der Waals surface area contributed by atoms with Gasteiger partial charge in [0.1, 0.15) is 0 Å². The molecule has 0 atom stereocenters. The number of nitrogens with zero attached hydrogens (tertiary/aromatic N) is 2. The van der Waals surface area contributed by atoms with Crippen LogP contribution in [0.2, 0.25) is 0 Å². The van der Waals surface area contributed by atoms with Gasteiger partial charge in [0.25, 0.3) is 0 Å². The summed E-state index contributed by atoms with van der Waals surface area (Å²) in [5, 5.41) is 6.23. The van der Waals surface area contributed by atoms with Gasteiger partial charge in [-0.15, -0.1) is 0 Å². The number of nitrogens with one attached hydrogen (secondary N) is 2. The number of pyridine rings is 1. The fourth-order valence-electron chi connectivity index (χ4n) is 1.39. The highest BCUT2D eigenvalue weighted by atomic mass is 32.1. The van der Waals surface area contributed by atoms with E-state index in [1.165, 1.54) is 0 Å². The number of thiocarbonyl (C=S) groups is 1. The van der Waals surface area contributed by atoms with E-state index < -0.39 is 0 Å². The third-order valence-electron chi connectivity index (χ3n) is 2.42. The molecule has 0 unspecified atom stereocenters. The molecule has 0 spiro atoms. The number of nitrogens with two attached hydrogens (primary N) is 1. The molecule has 0 fully saturated rings. The lowest BCUT2D eigenvalue weighted by atomic mass is 10.2. The van der Waals surface area contributed by atoms with Gasteiger partial charge in [-0.05, 0) is 36.7 Å². The first kappa shape index (κ1) is 15.4. The van der Waals surface area contributed by atoms with E-state index >= 15 is 0 Å². The Morgan fingerprint density at radius 1 is 1.53 bits per heavy atom. The number of hydrogen-bond acceptors (Lipinski definition) is 3. The zero-order chi connectivity index (χ0) is 14.3. The maximum Gasteiger partial charge on any atom is 0.197 e. The van der Waals surface area contributed by atoms with Crippen LogP contribution in [0.15, 0.2) is 23.3 Å². The second-order valence-corrected chi connectivity index (χ2v) is 5.14. The van der Waals surface area contributed by atoms with Crippen LogP contribution in [-0.4, -0.2) is 22.6 Å². The number of guanidine groups is 1.